The zero-order chi connectivity index (χ0) is 18.8. The number of benzene rings is 2. The molecule has 0 aliphatic heterocycles. The summed E-state index contributed by atoms with van der Waals surface area (Å²) in [5.74, 6) is -0.398. The smallest absolute Gasteiger partial charge is 0.268 e. The van der Waals surface area contributed by atoms with Crippen molar-refractivity contribution in [1.29, 1.82) is 0 Å². The average molecular weight is 378 g/mol. The summed E-state index contributed by atoms with van der Waals surface area (Å²) >= 11 is 1.60. The third-order valence-electron chi connectivity index (χ3n) is 4.69. The summed E-state index contributed by atoms with van der Waals surface area (Å²) in [6.45, 7) is 2.96. The molecule has 0 aliphatic rings. The number of aryl methyl sites for hydroxylation is 1. The molecule has 3 nitrogen and oxygen atoms in total. The minimum absolute atomic E-state index is 0.127. The standard InChI is InChI=1S/C22H19FN2OS/c1-15-5-2-3-7-17(15)13-24-22(26)20-12-21-19(9-10-27-21)25(20)14-16-6-4-8-18(23)11-16/h2-12H,13-14H2,1H3,(H,24,26). The lowest BCUT2D eigenvalue weighted by Crippen LogP contribution is -2.26. The van der Waals surface area contributed by atoms with Gasteiger partial charge in [-0.05, 0) is 53.3 Å². The van der Waals surface area contributed by atoms with Crippen LogP contribution in [0, 0.1) is 12.7 Å². The molecule has 4 rings (SSSR count). The number of nitrogens with one attached hydrogen (secondary N) is 1. The molecule has 0 spiro atoms. The van der Waals surface area contributed by atoms with Gasteiger partial charge in [0.15, 0.2) is 0 Å². The predicted octanol–water partition coefficient (Wildman–Crippen LogP) is 5.13. The number of hydrogen-bond donors (Lipinski definition) is 1. The van der Waals surface area contributed by atoms with E-state index in [2.05, 4.69) is 5.32 Å². The summed E-state index contributed by atoms with van der Waals surface area (Å²) in [4.78, 5) is 12.9. The second-order valence-electron chi connectivity index (χ2n) is 6.52. The fraction of sp³-hybridized carbons (Fsp3) is 0.136. The van der Waals surface area contributed by atoms with Crippen molar-refractivity contribution < 1.29 is 9.18 Å². The van der Waals surface area contributed by atoms with Gasteiger partial charge >= 0.3 is 0 Å². The van der Waals surface area contributed by atoms with Crippen LogP contribution in [0.15, 0.2) is 66.0 Å². The first-order valence-electron chi connectivity index (χ1n) is 8.76. The normalized spacial score (nSPS) is 11.0. The van der Waals surface area contributed by atoms with E-state index in [1.807, 2.05) is 59.3 Å². The van der Waals surface area contributed by atoms with Gasteiger partial charge in [-0.25, -0.2) is 4.39 Å². The Labute approximate surface area is 161 Å². The molecule has 0 bridgehead atoms. The monoisotopic (exact) mass is 378 g/mol. The van der Waals surface area contributed by atoms with Gasteiger partial charge < -0.3 is 9.88 Å². The summed E-state index contributed by atoms with van der Waals surface area (Å²) in [7, 11) is 0. The highest BCUT2D eigenvalue weighted by Crippen LogP contribution is 2.26. The molecule has 5 heteroatoms. The Bertz CT molecular complexity index is 1110. The van der Waals surface area contributed by atoms with Gasteiger partial charge in [0, 0.05) is 13.1 Å². The SMILES string of the molecule is Cc1ccccc1CNC(=O)c1cc2sccc2n1Cc1cccc(F)c1. The van der Waals surface area contributed by atoms with Crippen molar-refractivity contribution in [2.24, 2.45) is 0 Å². The van der Waals surface area contributed by atoms with E-state index in [0.717, 1.165) is 26.9 Å². The predicted molar refractivity (Wildman–Crippen MR) is 108 cm³/mol. The van der Waals surface area contributed by atoms with Crippen LogP contribution in [0.4, 0.5) is 4.39 Å². The van der Waals surface area contributed by atoms with Crippen LogP contribution in [0.5, 0.6) is 0 Å². The maximum Gasteiger partial charge on any atom is 0.268 e. The number of amides is 1. The highest BCUT2D eigenvalue weighted by molar-refractivity contribution is 7.17. The molecule has 4 aromatic rings. The lowest BCUT2D eigenvalue weighted by atomic mass is 10.1. The van der Waals surface area contributed by atoms with Crippen molar-refractivity contribution in [3.63, 3.8) is 0 Å². The van der Waals surface area contributed by atoms with Crippen LogP contribution in [0.2, 0.25) is 0 Å². The Morgan fingerprint density at radius 2 is 1.96 bits per heavy atom. The molecule has 1 amide bonds. The quantitative estimate of drug-likeness (QED) is 0.513. The van der Waals surface area contributed by atoms with Crippen LogP contribution in [-0.4, -0.2) is 10.5 Å². The number of aromatic nitrogens is 1. The van der Waals surface area contributed by atoms with Crippen molar-refractivity contribution >= 4 is 27.5 Å². The Kier molecular flexibility index (Phi) is 4.77. The first kappa shape index (κ1) is 17.5. The van der Waals surface area contributed by atoms with E-state index in [9.17, 15) is 9.18 Å². The van der Waals surface area contributed by atoms with Gasteiger partial charge in [0.05, 0.1) is 10.2 Å². The Morgan fingerprint density at radius 1 is 1.11 bits per heavy atom. The Hall–Kier alpha value is -2.92. The largest absolute Gasteiger partial charge is 0.347 e. The van der Waals surface area contributed by atoms with E-state index < -0.39 is 0 Å². The van der Waals surface area contributed by atoms with Crippen LogP contribution in [0.1, 0.15) is 27.2 Å². The summed E-state index contributed by atoms with van der Waals surface area (Å²) < 4.78 is 16.6. The molecule has 2 aromatic carbocycles. The maximum absolute atomic E-state index is 13.6. The average Bonchev–Trinajstić information content (AvgIpc) is 3.24. The highest BCUT2D eigenvalue weighted by atomic mass is 32.1. The molecule has 0 atom stereocenters. The van der Waals surface area contributed by atoms with E-state index >= 15 is 0 Å². The number of rotatable bonds is 5. The van der Waals surface area contributed by atoms with Crippen LogP contribution in [0.3, 0.4) is 0 Å². The summed E-state index contributed by atoms with van der Waals surface area (Å²) in [6, 6.07) is 18.4. The number of fused-ring (bicyclic) bond motifs is 1. The third kappa shape index (κ3) is 3.64. The topological polar surface area (TPSA) is 34.0 Å². The molecule has 0 saturated carbocycles. The zero-order valence-corrected chi connectivity index (χ0v) is 15.7. The van der Waals surface area contributed by atoms with Crippen molar-refractivity contribution in [3.8, 4) is 0 Å². The maximum atomic E-state index is 13.6. The first-order valence-corrected chi connectivity index (χ1v) is 9.63. The fourth-order valence-corrected chi connectivity index (χ4v) is 4.05. The summed E-state index contributed by atoms with van der Waals surface area (Å²) in [5, 5.41) is 5.02. The number of thiophene rings is 1. The number of carbonyl (C=O) groups excluding carboxylic acids is 1. The van der Waals surface area contributed by atoms with Gasteiger partial charge in [-0.3, -0.25) is 4.79 Å². The van der Waals surface area contributed by atoms with Crippen molar-refractivity contribution in [1.82, 2.24) is 9.88 Å². The van der Waals surface area contributed by atoms with Crippen LogP contribution in [0.25, 0.3) is 10.2 Å². The van der Waals surface area contributed by atoms with E-state index in [0.29, 0.717) is 18.8 Å². The molecule has 136 valence electrons. The minimum atomic E-state index is -0.272. The second-order valence-corrected chi connectivity index (χ2v) is 7.47. The van der Waals surface area contributed by atoms with Gasteiger partial charge in [-0.1, -0.05) is 36.4 Å². The van der Waals surface area contributed by atoms with Gasteiger partial charge in [-0.15, -0.1) is 11.3 Å². The molecule has 2 aromatic heterocycles. The summed E-state index contributed by atoms with van der Waals surface area (Å²) in [5.41, 5.74) is 4.65. The number of nitrogens with zero attached hydrogens (tertiary/aromatic N) is 1. The first-order chi connectivity index (χ1) is 13.1. The number of hydrogen-bond acceptors (Lipinski definition) is 2. The molecular weight excluding hydrogens is 359 g/mol. The van der Waals surface area contributed by atoms with Crippen LogP contribution in [-0.2, 0) is 13.1 Å². The molecular formula is C22H19FN2OS. The second kappa shape index (κ2) is 7.37. The molecule has 0 unspecified atom stereocenters. The van der Waals surface area contributed by atoms with Crippen molar-refractivity contribution in [3.05, 3.63) is 94.2 Å². The van der Waals surface area contributed by atoms with Gasteiger partial charge in [0.1, 0.15) is 11.5 Å². The molecule has 0 saturated heterocycles. The lowest BCUT2D eigenvalue weighted by Gasteiger charge is -2.12. The van der Waals surface area contributed by atoms with Crippen molar-refractivity contribution in [2.45, 2.75) is 20.0 Å². The molecule has 0 radical (unpaired) electrons. The van der Waals surface area contributed by atoms with Crippen LogP contribution >= 0.6 is 11.3 Å². The number of halogens is 1. The van der Waals surface area contributed by atoms with Crippen LogP contribution < -0.4 is 5.32 Å². The Morgan fingerprint density at radius 3 is 2.78 bits per heavy atom. The highest BCUT2D eigenvalue weighted by Gasteiger charge is 2.17. The fourth-order valence-electron chi connectivity index (χ4n) is 3.23. The molecule has 27 heavy (non-hydrogen) atoms. The van der Waals surface area contributed by atoms with Crippen molar-refractivity contribution in [2.75, 3.05) is 0 Å². The lowest BCUT2D eigenvalue weighted by molar-refractivity contribution is 0.0942. The van der Waals surface area contributed by atoms with E-state index in [1.54, 1.807) is 17.4 Å². The van der Waals surface area contributed by atoms with E-state index in [4.69, 9.17) is 0 Å². The molecule has 0 aliphatic carbocycles. The number of carbonyl (C=O) groups is 1. The third-order valence-corrected chi connectivity index (χ3v) is 5.54. The molecule has 1 N–H and O–H groups in total. The molecule has 0 fully saturated rings. The Balaban J connectivity index is 1.62. The minimum Gasteiger partial charge on any atom is -0.347 e. The van der Waals surface area contributed by atoms with Gasteiger partial charge in [-0.2, -0.15) is 0 Å². The van der Waals surface area contributed by atoms with Gasteiger partial charge in [0.25, 0.3) is 5.91 Å². The van der Waals surface area contributed by atoms with Gasteiger partial charge in [0.2, 0.25) is 0 Å². The van der Waals surface area contributed by atoms with E-state index in [1.165, 1.54) is 12.1 Å². The zero-order valence-electron chi connectivity index (χ0n) is 14.9. The summed E-state index contributed by atoms with van der Waals surface area (Å²) in [6.07, 6.45) is 0. The van der Waals surface area contributed by atoms with E-state index in [-0.39, 0.29) is 11.7 Å². The molecule has 2 heterocycles.